The number of rotatable bonds is 6. The molecule has 0 fully saturated rings. The van der Waals surface area contributed by atoms with E-state index >= 15 is 0 Å². The summed E-state index contributed by atoms with van der Waals surface area (Å²) < 4.78 is 26.8. The van der Waals surface area contributed by atoms with Gasteiger partial charge in [0.25, 0.3) is 0 Å². The second-order valence-electron chi connectivity index (χ2n) is 7.30. The molecule has 30 heavy (non-hydrogen) atoms. The van der Waals surface area contributed by atoms with Crippen LogP contribution >= 0.6 is 0 Å². The van der Waals surface area contributed by atoms with Gasteiger partial charge in [-0.15, -0.1) is 0 Å². The lowest BCUT2D eigenvalue weighted by Crippen LogP contribution is -2.06. The van der Waals surface area contributed by atoms with Gasteiger partial charge in [-0.1, -0.05) is 49.4 Å². The van der Waals surface area contributed by atoms with Gasteiger partial charge >= 0.3 is 0 Å². The molecule has 0 saturated heterocycles. The van der Waals surface area contributed by atoms with Crippen LogP contribution in [0.5, 0.6) is 0 Å². The molecule has 1 N–H and O–H groups in total. The molecule has 1 unspecified atom stereocenters. The van der Waals surface area contributed by atoms with E-state index in [1.54, 1.807) is 12.1 Å². The minimum Gasteiger partial charge on any atom is -0.755 e. The summed E-state index contributed by atoms with van der Waals surface area (Å²) in [6, 6.07) is 17.6. The topological polar surface area (TPSA) is 82.9 Å². The predicted octanol–water partition coefficient (Wildman–Crippen LogP) is 4.53. The normalized spacial score (nSPS) is 12.3. The Morgan fingerprint density at radius 2 is 1.80 bits per heavy atom. The highest BCUT2D eigenvalue weighted by Crippen LogP contribution is 2.29. The van der Waals surface area contributed by atoms with Crippen molar-refractivity contribution in [1.82, 2.24) is 14.5 Å². The van der Waals surface area contributed by atoms with Crippen molar-refractivity contribution in [3.05, 3.63) is 77.2 Å². The fourth-order valence-corrected chi connectivity index (χ4v) is 4.13. The van der Waals surface area contributed by atoms with Crippen LogP contribution in [0.2, 0.25) is 0 Å². The lowest BCUT2D eigenvalue weighted by Gasteiger charge is -2.14. The zero-order valence-electron chi connectivity index (χ0n) is 17.2. The molecular weight excluding hydrogens is 396 g/mol. The smallest absolute Gasteiger partial charge is 0.160 e. The summed E-state index contributed by atoms with van der Waals surface area (Å²) in [4.78, 5) is 9.55. The number of fused-ring (bicyclic) bond motifs is 1. The van der Waals surface area contributed by atoms with Crippen LogP contribution in [-0.2, 0) is 24.2 Å². The predicted molar refractivity (Wildman–Crippen MR) is 120 cm³/mol. The van der Waals surface area contributed by atoms with E-state index in [9.17, 15) is 8.76 Å². The van der Waals surface area contributed by atoms with E-state index < -0.39 is 11.3 Å². The molecule has 1 atom stereocenters. The fourth-order valence-electron chi connectivity index (χ4n) is 3.77. The average Bonchev–Trinajstić information content (AvgIpc) is 3.06. The average molecular weight is 420 g/mol. The molecule has 2 aromatic carbocycles. The van der Waals surface area contributed by atoms with Crippen LogP contribution in [0.15, 0.2) is 54.6 Å². The summed E-state index contributed by atoms with van der Waals surface area (Å²) in [5.41, 5.74) is 7.47. The quantitative estimate of drug-likeness (QED) is 0.465. The van der Waals surface area contributed by atoms with Gasteiger partial charge < -0.3 is 13.8 Å². The van der Waals surface area contributed by atoms with E-state index in [0.29, 0.717) is 12.2 Å². The molecule has 4 aromatic rings. The minimum absolute atomic E-state index is 0.558. The minimum atomic E-state index is -2.37. The molecule has 0 spiro atoms. The van der Waals surface area contributed by atoms with Gasteiger partial charge in [-0.05, 0) is 42.7 Å². The molecule has 7 heteroatoms. The first-order chi connectivity index (χ1) is 14.5. The number of nitrogens with zero attached hydrogens (tertiary/aromatic N) is 3. The molecule has 0 aliphatic rings. The summed E-state index contributed by atoms with van der Waals surface area (Å²) in [5, 5.41) is 0. The van der Waals surface area contributed by atoms with Gasteiger partial charge in [0.05, 0.1) is 12.2 Å². The van der Waals surface area contributed by atoms with Gasteiger partial charge in [0.15, 0.2) is 5.65 Å². The van der Waals surface area contributed by atoms with Crippen LogP contribution in [0.4, 0.5) is 5.69 Å². The van der Waals surface area contributed by atoms with Crippen LogP contribution in [-0.4, -0.2) is 23.3 Å². The molecule has 0 aliphatic carbocycles. The maximum absolute atomic E-state index is 11.1. The molecule has 2 heterocycles. The number of hydrogen-bond donors (Lipinski definition) is 1. The van der Waals surface area contributed by atoms with Crippen molar-refractivity contribution in [2.45, 2.75) is 33.7 Å². The molecule has 0 radical (unpaired) electrons. The monoisotopic (exact) mass is 419 g/mol. The highest BCUT2D eigenvalue weighted by molar-refractivity contribution is 7.80. The van der Waals surface area contributed by atoms with Crippen molar-refractivity contribution >= 4 is 28.1 Å². The van der Waals surface area contributed by atoms with Crippen LogP contribution in [0.1, 0.15) is 29.6 Å². The van der Waals surface area contributed by atoms with Gasteiger partial charge in [0, 0.05) is 28.9 Å². The molecule has 0 bridgehead atoms. The highest BCUT2D eigenvalue weighted by Gasteiger charge is 2.14. The Kier molecular flexibility index (Phi) is 5.65. The summed E-state index contributed by atoms with van der Waals surface area (Å²) in [6.45, 7) is 6.86. The van der Waals surface area contributed by atoms with Crippen LogP contribution < -0.4 is 4.72 Å². The Morgan fingerprint density at radius 1 is 1.07 bits per heavy atom. The van der Waals surface area contributed by atoms with Gasteiger partial charge in [0.2, 0.25) is 0 Å². The third-order valence-corrected chi connectivity index (χ3v) is 5.53. The number of benzene rings is 2. The van der Waals surface area contributed by atoms with E-state index in [-0.39, 0.29) is 0 Å². The van der Waals surface area contributed by atoms with Crippen molar-refractivity contribution in [3.63, 3.8) is 0 Å². The van der Waals surface area contributed by atoms with E-state index in [4.69, 9.17) is 9.97 Å². The van der Waals surface area contributed by atoms with Gasteiger partial charge in [-0.25, -0.2) is 9.97 Å². The number of imidazole rings is 1. The molecule has 0 amide bonds. The third-order valence-electron chi connectivity index (χ3n) is 5.14. The van der Waals surface area contributed by atoms with Crippen LogP contribution in [0.25, 0.3) is 22.3 Å². The van der Waals surface area contributed by atoms with Gasteiger partial charge in [-0.3, -0.25) is 4.21 Å². The molecule has 4 rings (SSSR count). The molecule has 2 aromatic heterocycles. The Hall–Kier alpha value is -3.03. The first kappa shape index (κ1) is 20.3. The molecule has 0 aliphatic heterocycles. The lowest BCUT2D eigenvalue weighted by atomic mass is 10.0. The fraction of sp³-hybridized carbons (Fsp3) is 0.217. The molecule has 154 valence electrons. The zero-order chi connectivity index (χ0) is 21.3. The number of hydrogen-bond acceptors (Lipinski definition) is 4. The summed E-state index contributed by atoms with van der Waals surface area (Å²) >= 11 is -2.37. The van der Waals surface area contributed by atoms with E-state index in [1.165, 1.54) is 0 Å². The number of nitrogens with one attached hydrogen (secondary N) is 1. The zero-order valence-corrected chi connectivity index (χ0v) is 18.0. The number of pyridine rings is 1. The summed E-state index contributed by atoms with van der Waals surface area (Å²) in [6.07, 6.45) is 0.832. The van der Waals surface area contributed by atoms with Gasteiger partial charge in [-0.2, -0.15) is 0 Å². The van der Waals surface area contributed by atoms with Crippen LogP contribution in [0, 0.1) is 13.8 Å². The number of aryl methyl sites for hydroxylation is 3. The molecular formula is C23H23N4O2S-. The number of anilines is 1. The van der Waals surface area contributed by atoms with Crippen molar-refractivity contribution in [3.8, 4) is 11.1 Å². The van der Waals surface area contributed by atoms with Gasteiger partial charge in [0.1, 0.15) is 11.3 Å². The summed E-state index contributed by atoms with van der Waals surface area (Å²) in [5.74, 6) is 1.02. The maximum atomic E-state index is 11.1. The first-order valence-corrected chi connectivity index (χ1v) is 10.9. The van der Waals surface area contributed by atoms with Crippen molar-refractivity contribution < 1.29 is 8.76 Å². The van der Waals surface area contributed by atoms with Crippen molar-refractivity contribution in [2.24, 2.45) is 0 Å². The SMILES string of the molecule is CCc1nc2c(C)cc(C)nc2n1Cc1ccc(-c2ccccc2NS(=O)[O-])cc1. The van der Waals surface area contributed by atoms with Crippen molar-refractivity contribution in [1.29, 1.82) is 0 Å². The Labute approximate surface area is 178 Å². The second kappa shape index (κ2) is 8.38. The van der Waals surface area contributed by atoms with Crippen LogP contribution in [0.3, 0.4) is 0 Å². The Morgan fingerprint density at radius 3 is 2.50 bits per heavy atom. The third kappa shape index (κ3) is 3.99. The molecule has 6 nitrogen and oxygen atoms in total. The number of para-hydroxylation sites is 1. The van der Waals surface area contributed by atoms with E-state index in [1.807, 2.05) is 31.2 Å². The Bertz CT molecular complexity index is 1230. The Balaban J connectivity index is 1.68. The lowest BCUT2D eigenvalue weighted by molar-refractivity contribution is 0.542. The summed E-state index contributed by atoms with van der Waals surface area (Å²) in [7, 11) is 0. The van der Waals surface area contributed by atoms with Crippen molar-refractivity contribution in [2.75, 3.05) is 4.72 Å². The molecule has 0 saturated carbocycles. The highest BCUT2D eigenvalue weighted by atomic mass is 32.2. The largest absolute Gasteiger partial charge is 0.755 e. The standard InChI is InChI=1S/C23H24N4O2S/c1-4-21-25-22-15(2)13-16(3)24-23(22)27(21)14-17-9-11-18(12-10-17)19-7-5-6-8-20(19)26-30(28)29/h5-13,26H,4,14H2,1-3H3,(H,28,29)/p-1. The van der Waals surface area contributed by atoms with E-state index in [2.05, 4.69) is 41.3 Å². The maximum Gasteiger partial charge on any atom is 0.160 e. The second-order valence-corrected chi connectivity index (χ2v) is 7.97. The first-order valence-electron chi connectivity index (χ1n) is 9.84. The van der Waals surface area contributed by atoms with E-state index in [0.717, 1.165) is 51.4 Å². The number of aromatic nitrogens is 3.